The van der Waals surface area contributed by atoms with Crippen LogP contribution in [0.2, 0.25) is 0 Å². The Morgan fingerprint density at radius 1 is 0.478 bits per heavy atom. The molecule has 0 aliphatic carbocycles. The van der Waals surface area contributed by atoms with Gasteiger partial charge in [-0.1, -0.05) is 192 Å². The van der Waals surface area contributed by atoms with Crippen LogP contribution in [-0.4, -0.2) is 142 Å². The van der Waals surface area contributed by atoms with E-state index in [0.717, 1.165) is 64.2 Å². The van der Waals surface area contributed by atoms with Crippen molar-refractivity contribution in [3.05, 3.63) is 24.3 Å². The molecular formula is C55H102O14. The first-order valence-electron chi connectivity index (χ1n) is 27.9. The van der Waals surface area contributed by atoms with Gasteiger partial charge in [-0.3, -0.25) is 4.79 Å². The summed E-state index contributed by atoms with van der Waals surface area (Å²) in [6, 6.07) is 0. The molecular weight excluding hydrogens is 885 g/mol. The number of esters is 1. The molecule has 0 bridgehead atoms. The van der Waals surface area contributed by atoms with Gasteiger partial charge in [0.15, 0.2) is 12.6 Å². The number of rotatable bonds is 45. The number of aliphatic hydroxyl groups is 7. The van der Waals surface area contributed by atoms with E-state index in [1.54, 1.807) is 0 Å². The number of unbranched alkanes of at least 4 members (excludes halogenated alkanes) is 27. The van der Waals surface area contributed by atoms with Crippen LogP contribution in [0.25, 0.3) is 0 Å². The lowest BCUT2D eigenvalue weighted by atomic mass is 9.98. The molecule has 0 amide bonds. The Kier molecular flexibility index (Phi) is 39.6. The zero-order valence-electron chi connectivity index (χ0n) is 43.3. The van der Waals surface area contributed by atoms with E-state index >= 15 is 0 Å². The monoisotopic (exact) mass is 987 g/mol. The number of allylic oxidation sites excluding steroid dienone is 4. The fourth-order valence-electron chi connectivity index (χ4n) is 8.90. The van der Waals surface area contributed by atoms with Crippen LogP contribution in [0.1, 0.15) is 219 Å². The number of hydrogen-bond donors (Lipinski definition) is 7. The van der Waals surface area contributed by atoms with Crippen LogP contribution < -0.4 is 0 Å². The predicted molar refractivity (Wildman–Crippen MR) is 270 cm³/mol. The van der Waals surface area contributed by atoms with E-state index in [0.29, 0.717) is 13.0 Å². The maximum absolute atomic E-state index is 13.0. The van der Waals surface area contributed by atoms with Crippen LogP contribution in [0.15, 0.2) is 24.3 Å². The van der Waals surface area contributed by atoms with Crippen molar-refractivity contribution in [1.82, 2.24) is 0 Å². The summed E-state index contributed by atoms with van der Waals surface area (Å²) < 4.78 is 34.3. The molecule has 0 aromatic carbocycles. The number of carbonyl (C=O) groups excluding carboxylic acids is 1. The third kappa shape index (κ3) is 30.3. The van der Waals surface area contributed by atoms with Gasteiger partial charge >= 0.3 is 5.97 Å². The van der Waals surface area contributed by atoms with Gasteiger partial charge in [0.25, 0.3) is 0 Å². The fourth-order valence-corrected chi connectivity index (χ4v) is 8.90. The third-order valence-electron chi connectivity index (χ3n) is 13.5. The highest BCUT2D eigenvalue weighted by molar-refractivity contribution is 5.69. The summed E-state index contributed by atoms with van der Waals surface area (Å²) in [6.45, 7) is 3.69. The molecule has 11 unspecified atom stereocenters. The minimum atomic E-state index is -1.71. The Bertz CT molecular complexity index is 1240. The van der Waals surface area contributed by atoms with E-state index in [9.17, 15) is 40.5 Å². The maximum Gasteiger partial charge on any atom is 0.306 e. The second-order valence-electron chi connectivity index (χ2n) is 19.8. The summed E-state index contributed by atoms with van der Waals surface area (Å²) in [6.07, 6.45) is 30.9. The largest absolute Gasteiger partial charge is 0.457 e. The van der Waals surface area contributed by atoms with Crippen LogP contribution in [0.3, 0.4) is 0 Å². The minimum absolute atomic E-state index is 0.0602. The van der Waals surface area contributed by atoms with Crippen LogP contribution in [0, 0.1) is 0 Å². The van der Waals surface area contributed by atoms with Gasteiger partial charge < -0.3 is 64.2 Å². The Morgan fingerprint density at radius 3 is 1.41 bits per heavy atom. The molecule has 406 valence electrons. The van der Waals surface area contributed by atoms with Gasteiger partial charge in [0.1, 0.15) is 54.9 Å². The Balaban J connectivity index is 1.74. The van der Waals surface area contributed by atoms with Gasteiger partial charge in [0, 0.05) is 13.0 Å². The molecule has 2 aliphatic rings. The summed E-state index contributed by atoms with van der Waals surface area (Å²) in [4.78, 5) is 13.0. The number of hydrogen-bond acceptors (Lipinski definition) is 14. The second-order valence-corrected chi connectivity index (χ2v) is 19.8. The summed E-state index contributed by atoms with van der Waals surface area (Å²) in [5, 5.41) is 72.2. The van der Waals surface area contributed by atoms with E-state index in [1.165, 1.54) is 128 Å². The van der Waals surface area contributed by atoms with E-state index in [4.69, 9.17) is 28.4 Å². The van der Waals surface area contributed by atoms with E-state index in [1.807, 2.05) is 0 Å². The summed E-state index contributed by atoms with van der Waals surface area (Å²) in [5.74, 6) is -0.386. The van der Waals surface area contributed by atoms with Crippen molar-refractivity contribution in [2.45, 2.75) is 287 Å². The van der Waals surface area contributed by atoms with Crippen LogP contribution >= 0.6 is 0 Å². The minimum Gasteiger partial charge on any atom is -0.457 e. The number of aliphatic hydroxyl groups excluding tert-OH is 7. The van der Waals surface area contributed by atoms with Crippen molar-refractivity contribution in [3.8, 4) is 0 Å². The van der Waals surface area contributed by atoms with E-state index < -0.39 is 80.7 Å². The average molecular weight is 987 g/mol. The third-order valence-corrected chi connectivity index (χ3v) is 13.5. The molecule has 2 heterocycles. The van der Waals surface area contributed by atoms with E-state index in [2.05, 4.69) is 38.2 Å². The molecule has 14 nitrogen and oxygen atoms in total. The van der Waals surface area contributed by atoms with Crippen LogP contribution in [0.4, 0.5) is 0 Å². The maximum atomic E-state index is 13.0. The van der Waals surface area contributed by atoms with Gasteiger partial charge in [-0.2, -0.15) is 0 Å². The highest BCUT2D eigenvalue weighted by atomic mass is 16.7. The first-order valence-corrected chi connectivity index (χ1v) is 27.9. The second kappa shape index (κ2) is 42.9. The molecule has 0 saturated carbocycles. The molecule has 0 aromatic rings. The lowest BCUT2D eigenvalue weighted by Gasteiger charge is -2.42. The summed E-state index contributed by atoms with van der Waals surface area (Å²) in [7, 11) is 0. The highest BCUT2D eigenvalue weighted by Gasteiger charge is 2.47. The molecule has 0 radical (unpaired) electrons. The zero-order valence-corrected chi connectivity index (χ0v) is 43.3. The molecule has 2 fully saturated rings. The molecule has 0 spiro atoms. The number of carbonyl (C=O) groups is 1. The summed E-state index contributed by atoms with van der Waals surface area (Å²) >= 11 is 0. The molecule has 2 rings (SSSR count). The lowest BCUT2D eigenvalue weighted by molar-refractivity contribution is -0.332. The molecule has 11 atom stereocenters. The van der Waals surface area contributed by atoms with Crippen LogP contribution in [-0.2, 0) is 33.2 Å². The van der Waals surface area contributed by atoms with Gasteiger partial charge in [-0.05, 0) is 44.9 Å². The molecule has 0 aromatic heterocycles. The zero-order chi connectivity index (χ0) is 50.2. The van der Waals surface area contributed by atoms with Crippen molar-refractivity contribution in [2.75, 3.05) is 33.0 Å². The molecule has 2 saturated heterocycles. The van der Waals surface area contributed by atoms with Crippen molar-refractivity contribution in [1.29, 1.82) is 0 Å². The lowest BCUT2D eigenvalue weighted by Crippen LogP contribution is -2.61. The average Bonchev–Trinajstić information content (AvgIpc) is 3.35. The quantitative estimate of drug-likeness (QED) is 0.0172. The highest BCUT2D eigenvalue weighted by Crippen LogP contribution is 2.27. The van der Waals surface area contributed by atoms with Crippen molar-refractivity contribution in [3.63, 3.8) is 0 Å². The fraction of sp³-hybridized carbons (Fsp3) is 0.909. The topological polar surface area (TPSA) is 214 Å². The summed E-state index contributed by atoms with van der Waals surface area (Å²) in [5.41, 5.74) is 0. The molecule has 2 aliphatic heterocycles. The van der Waals surface area contributed by atoms with Gasteiger partial charge in [-0.15, -0.1) is 0 Å². The van der Waals surface area contributed by atoms with Crippen LogP contribution in [0.5, 0.6) is 0 Å². The van der Waals surface area contributed by atoms with Crippen molar-refractivity contribution >= 4 is 5.97 Å². The molecule has 7 N–H and O–H groups in total. The Hall–Kier alpha value is -1.53. The number of ether oxygens (including phenoxy) is 6. The van der Waals surface area contributed by atoms with Gasteiger partial charge in [0.05, 0.1) is 26.4 Å². The Morgan fingerprint density at radius 2 is 0.899 bits per heavy atom. The first-order chi connectivity index (χ1) is 33.6. The predicted octanol–water partition coefficient (Wildman–Crippen LogP) is 9.19. The molecule has 14 heteroatoms. The van der Waals surface area contributed by atoms with Gasteiger partial charge in [-0.25, -0.2) is 0 Å². The first kappa shape index (κ1) is 63.6. The van der Waals surface area contributed by atoms with E-state index in [-0.39, 0.29) is 25.6 Å². The van der Waals surface area contributed by atoms with Crippen molar-refractivity contribution in [2.24, 2.45) is 0 Å². The van der Waals surface area contributed by atoms with Gasteiger partial charge in [0.2, 0.25) is 0 Å². The smallest absolute Gasteiger partial charge is 0.306 e. The molecule has 69 heavy (non-hydrogen) atoms. The van der Waals surface area contributed by atoms with Crippen molar-refractivity contribution < 1.29 is 69.0 Å². The SMILES string of the molecule is CCCCCC/C=C\C/C=C\CCCCCCCC(=O)OC(COCCCCCCCCCCCCCCCCCCCCC)COC1OC(COC2OC(CO)C(O)C(O)C2O)C(O)C(O)C1O. The Labute approximate surface area is 417 Å². The standard InChI is InChI=1S/C55H102O14/c1-3-5-7-9-11-13-15-17-19-21-22-23-25-27-29-31-33-35-37-39-64-41-44(67-47(57)38-36-34-32-30-28-26-24-20-18-16-14-12-10-8-6-4-2)42-65-54-53(63)51(61)49(59)46(69-54)43-66-55-52(62)50(60)48(58)45(40-56)68-55/h14,16,20,24,44-46,48-56,58-63H,3-13,15,17-19,21-23,25-43H2,1-2H3/b16-14-,24-20-. The normalized spacial score (nSPS) is 25.8.